The molecule has 18 heavy (non-hydrogen) atoms. The molecular weight excluding hydrogens is 224 g/mol. The van der Waals surface area contributed by atoms with Crippen LogP contribution in [0.25, 0.3) is 0 Å². The lowest BCUT2D eigenvalue weighted by Crippen LogP contribution is -2.53. The highest BCUT2D eigenvalue weighted by Gasteiger charge is 2.34. The average Bonchev–Trinajstić information content (AvgIpc) is 2.37. The molecule has 1 aromatic carbocycles. The minimum atomic E-state index is 0.395. The van der Waals surface area contributed by atoms with Crippen LogP contribution in [0.2, 0.25) is 0 Å². The molecule has 4 rings (SSSR count). The largest absolute Gasteiger partial charge is 0.508 e. The van der Waals surface area contributed by atoms with Gasteiger partial charge in [0.2, 0.25) is 0 Å². The molecule has 3 heterocycles. The van der Waals surface area contributed by atoms with Crippen molar-refractivity contribution in [3.63, 3.8) is 0 Å². The maximum absolute atomic E-state index is 9.70. The molecule has 98 valence electrons. The number of aromatic hydroxyl groups is 1. The minimum absolute atomic E-state index is 0.395. The van der Waals surface area contributed by atoms with Crippen LogP contribution in [0, 0.1) is 19.8 Å². The van der Waals surface area contributed by atoms with Crippen molar-refractivity contribution in [3.8, 4) is 5.75 Å². The van der Waals surface area contributed by atoms with Crippen molar-refractivity contribution in [1.29, 1.82) is 0 Å². The lowest BCUT2D eigenvalue weighted by atomic mass is 9.84. The van der Waals surface area contributed by atoms with Crippen molar-refractivity contribution in [2.45, 2.75) is 32.7 Å². The molecule has 3 aliphatic heterocycles. The number of hydrogen-bond acceptors (Lipinski definition) is 3. The summed E-state index contributed by atoms with van der Waals surface area (Å²) < 4.78 is 0. The molecule has 0 aliphatic carbocycles. The quantitative estimate of drug-likeness (QED) is 0.787. The molecule has 0 aromatic heterocycles. The van der Waals surface area contributed by atoms with Gasteiger partial charge in [0.1, 0.15) is 5.75 Å². The predicted octanol–water partition coefficient (Wildman–Crippen LogP) is 2.52. The van der Waals surface area contributed by atoms with E-state index in [-0.39, 0.29) is 0 Å². The van der Waals surface area contributed by atoms with Gasteiger partial charge in [-0.2, -0.15) is 0 Å². The summed E-state index contributed by atoms with van der Waals surface area (Å²) in [6.45, 7) is 7.73. The number of aryl methyl sites for hydroxylation is 2. The average molecular weight is 246 g/mol. The van der Waals surface area contributed by atoms with E-state index >= 15 is 0 Å². The summed E-state index contributed by atoms with van der Waals surface area (Å²) in [4.78, 5) is 2.56. The van der Waals surface area contributed by atoms with E-state index in [4.69, 9.17) is 0 Å². The number of anilines is 1. The summed E-state index contributed by atoms with van der Waals surface area (Å²) in [5.74, 6) is 1.22. The van der Waals surface area contributed by atoms with Crippen LogP contribution >= 0.6 is 0 Å². The standard InChI is InChI=1S/C15H22N2O/c1-10-8-15(18)11(2)7-13(10)16-14-9-17-5-3-12(14)4-6-17/h7-8,12,14,16,18H,3-6,9H2,1-2H3. The first-order valence-electron chi connectivity index (χ1n) is 6.92. The smallest absolute Gasteiger partial charge is 0.118 e. The Morgan fingerprint density at radius 3 is 2.50 bits per heavy atom. The van der Waals surface area contributed by atoms with Crippen LogP contribution in [0.3, 0.4) is 0 Å². The van der Waals surface area contributed by atoms with E-state index < -0.39 is 0 Å². The molecule has 3 nitrogen and oxygen atoms in total. The van der Waals surface area contributed by atoms with Gasteiger partial charge in [0, 0.05) is 18.3 Å². The molecule has 0 radical (unpaired) electrons. The Bertz CT molecular complexity index is 450. The van der Waals surface area contributed by atoms with E-state index in [2.05, 4.69) is 23.2 Å². The van der Waals surface area contributed by atoms with Crippen LogP contribution in [0.4, 0.5) is 5.69 Å². The second-order valence-electron chi connectivity index (χ2n) is 5.84. The van der Waals surface area contributed by atoms with Gasteiger partial charge in [-0.1, -0.05) is 0 Å². The van der Waals surface area contributed by atoms with E-state index in [1.807, 2.05) is 13.0 Å². The number of nitrogens with one attached hydrogen (secondary N) is 1. The highest BCUT2D eigenvalue weighted by molar-refractivity contribution is 5.57. The molecule has 2 bridgehead atoms. The second-order valence-corrected chi connectivity index (χ2v) is 5.84. The first kappa shape index (κ1) is 11.8. The minimum Gasteiger partial charge on any atom is -0.508 e. The monoisotopic (exact) mass is 246 g/mol. The van der Waals surface area contributed by atoms with Crippen LogP contribution in [0.15, 0.2) is 12.1 Å². The third-order valence-corrected chi connectivity index (χ3v) is 4.54. The van der Waals surface area contributed by atoms with Crippen molar-refractivity contribution in [3.05, 3.63) is 23.3 Å². The van der Waals surface area contributed by atoms with Gasteiger partial charge in [0.25, 0.3) is 0 Å². The second kappa shape index (κ2) is 4.47. The van der Waals surface area contributed by atoms with Crippen LogP contribution in [0.5, 0.6) is 5.75 Å². The van der Waals surface area contributed by atoms with Gasteiger partial charge in [-0.3, -0.25) is 0 Å². The number of phenols is 1. The molecule has 3 saturated heterocycles. The molecule has 0 saturated carbocycles. The first-order valence-corrected chi connectivity index (χ1v) is 6.92. The van der Waals surface area contributed by atoms with Gasteiger partial charge < -0.3 is 15.3 Å². The zero-order chi connectivity index (χ0) is 12.7. The number of hydrogen-bond donors (Lipinski definition) is 2. The molecule has 1 atom stereocenters. The molecule has 2 N–H and O–H groups in total. The summed E-state index contributed by atoms with van der Waals surface area (Å²) in [7, 11) is 0. The highest BCUT2D eigenvalue weighted by Crippen LogP contribution is 2.32. The fourth-order valence-electron chi connectivity index (χ4n) is 3.28. The molecule has 3 fully saturated rings. The zero-order valence-electron chi connectivity index (χ0n) is 11.2. The van der Waals surface area contributed by atoms with E-state index in [9.17, 15) is 5.11 Å². The molecule has 0 spiro atoms. The van der Waals surface area contributed by atoms with E-state index in [1.54, 1.807) is 0 Å². The highest BCUT2D eigenvalue weighted by atomic mass is 16.3. The molecule has 3 aliphatic rings. The number of benzene rings is 1. The third kappa shape index (κ3) is 2.07. The Kier molecular flexibility index (Phi) is 2.94. The molecule has 1 aromatic rings. The predicted molar refractivity (Wildman–Crippen MR) is 74.2 cm³/mol. The SMILES string of the molecule is Cc1cc(NC2CN3CCC2CC3)c(C)cc1O. The first-order chi connectivity index (χ1) is 8.63. The van der Waals surface area contributed by atoms with E-state index in [1.165, 1.54) is 38.2 Å². The van der Waals surface area contributed by atoms with Gasteiger partial charge in [-0.15, -0.1) is 0 Å². The van der Waals surface area contributed by atoms with Crippen LogP contribution < -0.4 is 5.32 Å². The maximum atomic E-state index is 9.70. The Morgan fingerprint density at radius 1 is 1.17 bits per heavy atom. The Labute approximate surface area is 109 Å². The van der Waals surface area contributed by atoms with Crippen molar-refractivity contribution < 1.29 is 5.11 Å². The van der Waals surface area contributed by atoms with Gasteiger partial charge in [-0.05, 0) is 69.0 Å². The van der Waals surface area contributed by atoms with Gasteiger partial charge in [-0.25, -0.2) is 0 Å². The number of fused-ring (bicyclic) bond motifs is 3. The lowest BCUT2D eigenvalue weighted by molar-refractivity contribution is 0.0975. The number of rotatable bonds is 2. The van der Waals surface area contributed by atoms with Crippen LogP contribution in [-0.2, 0) is 0 Å². The van der Waals surface area contributed by atoms with Crippen molar-refractivity contribution in [2.75, 3.05) is 25.0 Å². The Hall–Kier alpha value is -1.22. The number of piperidine rings is 3. The topological polar surface area (TPSA) is 35.5 Å². The fraction of sp³-hybridized carbons (Fsp3) is 0.600. The van der Waals surface area contributed by atoms with Gasteiger partial charge in [0.15, 0.2) is 0 Å². The Balaban J connectivity index is 1.78. The van der Waals surface area contributed by atoms with Crippen molar-refractivity contribution in [1.82, 2.24) is 4.90 Å². The maximum Gasteiger partial charge on any atom is 0.118 e. The summed E-state index contributed by atoms with van der Waals surface area (Å²) in [5, 5.41) is 13.4. The molecule has 1 unspecified atom stereocenters. The van der Waals surface area contributed by atoms with Crippen LogP contribution in [0.1, 0.15) is 24.0 Å². The fourth-order valence-corrected chi connectivity index (χ4v) is 3.28. The molecular formula is C15H22N2O. The molecule has 0 amide bonds. The van der Waals surface area contributed by atoms with E-state index in [0.29, 0.717) is 11.8 Å². The van der Waals surface area contributed by atoms with Crippen molar-refractivity contribution >= 4 is 5.69 Å². The van der Waals surface area contributed by atoms with E-state index in [0.717, 1.165) is 17.0 Å². The lowest BCUT2D eigenvalue weighted by Gasteiger charge is -2.45. The van der Waals surface area contributed by atoms with Crippen LogP contribution in [-0.4, -0.2) is 35.7 Å². The van der Waals surface area contributed by atoms with Gasteiger partial charge >= 0.3 is 0 Å². The Morgan fingerprint density at radius 2 is 1.89 bits per heavy atom. The summed E-state index contributed by atoms with van der Waals surface area (Å²) in [6.07, 6.45) is 2.65. The summed E-state index contributed by atoms with van der Waals surface area (Å²) in [6, 6.07) is 4.51. The van der Waals surface area contributed by atoms with Gasteiger partial charge in [0.05, 0.1) is 0 Å². The number of nitrogens with zero attached hydrogens (tertiary/aromatic N) is 1. The van der Waals surface area contributed by atoms with Crippen molar-refractivity contribution in [2.24, 2.45) is 5.92 Å². The normalized spacial score (nSPS) is 30.4. The summed E-state index contributed by atoms with van der Waals surface area (Å²) >= 11 is 0. The zero-order valence-corrected chi connectivity index (χ0v) is 11.2. The number of phenolic OH excluding ortho intramolecular Hbond substituents is 1. The third-order valence-electron chi connectivity index (χ3n) is 4.54. The molecule has 3 heteroatoms. The summed E-state index contributed by atoms with van der Waals surface area (Å²) in [5.41, 5.74) is 3.27.